The summed E-state index contributed by atoms with van der Waals surface area (Å²) in [6.07, 6.45) is 1.74. The number of carbonyl (C=O) groups is 1. The number of hydrogen-bond donors (Lipinski definition) is 0. The quantitative estimate of drug-likeness (QED) is 0.446. The van der Waals surface area contributed by atoms with E-state index in [-0.39, 0.29) is 24.0 Å². The Kier molecular flexibility index (Phi) is 5.67. The van der Waals surface area contributed by atoms with Crippen molar-refractivity contribution in [1.29, 1.82) is 0 Å². The predicted molar refractivity (Wildman–Crippen MR) is 105 cm³/mol. The van der Waals surface area contributed by atoms with Crippen molar-refractivity contribution in [3.05, 3.63) is 75.0 Å². The van der Waals surface area contributed by atoms with Gasteiger partial charge >= 0.3 is 0 Å². The molecule has 0 radical (unpaired) electrons. The number of carbonyl (C=O) groups excluding carboxylic acids is 1. The van der Waals surface area contributed by atoms with Crippen LogP contribution in [0.4, 0.5) is 5.69 Å². The minimum Gasteiger partial charge on any atom is -0.486 e. The molecule has 0 atom stereocenters. The standard InChI is InChI=1S/C20H22N4O5/c1-13-9-16(5-7-18(13)24(26)27)28-12-17-6-8-19(29-17)20(25)22(3)11-15-10-21-23(4)14(15)2/h5-10H,11-12H2,1-4H3. The van der Waals surface area contributed by atoms with Crippen molar-refractivity contribution in [2.75, 3.05) is 7.05 Å². The van der Waals surface area contributed by atoms with Crippen molar-refractivity contribution in [2.24, 2.45) is 7.05 Å². The first-order valence-corrected chi connectivity index (χ1v) is 8.95. The molecular formula is C20H22N4O5. The van der Waals surface area contributed by atoms with Gasteiger partial charge in [-0.3, -0.25) is 19.6 Å². The fourth-order valence-electron chi connectivity index (χ4n) is 2.86. The average Bonchev–Trinajstić information content (AvgIpc) is 3.27. The smallest absolute Gasteiger partial charge is 0.289 e. The van der Waals surface area contributed by atoms with Crippen LogP contribution in [-0.4, -0.2) is 32.6 Å². The van der Waals surface area contributed by atoms with Gasteiger partial charge in [-0.05, 0) is 38.1 Å². The van der Waals surface area contributed by atoms with E-state index in [1.54, 1.807) is 47.9 Å². The van der Waals surface area contributed by atoms with Crippen molar-refractivity contribution < 1.29 is 18.9 Å². The molecule has 9 nitrogen and oxygen atoms in total. The molecule has 2 heterocycles. The topological polar surface area (TPSA) is 104 Å². The zero-order valence-electron chi connectivity index (χ0n) is 16.7. The Bertz CT molecular complexity index is 1050. The number of nitro benzene ring substituents is 1. The number of benzene rings is 1. The molecule has 3 aromatic rings. The fourth-order valence-corrected chi connectivity index (χ4v) is 2.86. The molecule has 0 spiro atoms. The van der Waals surface area contributed by atoms with E-state index >= 15 is 0 Å². The van der Waals surface area contributed by atoms with Gasteiger partial charge < -0.3 is 14.1 Å². The lowest BCUT2D eigenvalue weighted by atomic mass is 10.2. The van der Waals surface area contributed by atoms with Crippen LogP contribution >= 0.6 is 0 Å². The molecule has 152 valence electrons. The van der Waals surface area contributed by atoms with E-state index in [0.717, 1.165) is 11.3 Å². The third-order valence-corrected chi connectivity index (χ3v) is 4.71. The summed E-state index contributed by atoms with van der Waals surface area (Å²) in [5.74, 6) is 0.940. The number of amides is 1. The molecule has 1 aromatic carbocycles. The first-order chi connectivity index (χ1) is 13.8. The van der Waals surface area contributed by atoms with E-state index in [9.17, 15) is 14.9 Å². The van der Waals surface area contributed by atoms with Crippen molar-refractivity contribution in [3.63, 3.8) is 0 Å². The Morgan fingerprint density at radius 3 is 2.69 bits per heavy atom. The summed E-state index contributed by atoms with van der Waals surface area (Å²) in [5, 5.41) is 15.1. The Morgan fingerprint density at radius 1 is 1.31 bits per heavy atom. The third-order valence-electron chi connectivity index (χ3n) is 4.71. The fraction of sp³-hybridized carbons (Fsp3) is 0.300. The van der Waals surface area contributed by atoms with Gasteiger partial charge in [0.1, 0.15) is 18.1 Å². The zero-order chi connectivity index (χ0) is 21.1. The van der Waals surface area contributed by atoms with Crippen LogP contribution in [0.5, 0.6) is 5.75 Å². The number of rotatable bonds is 7. The van der Waals surface area contributed by atoms with E-state index in [1.165, 1.54) is 12.1 Å². The van der Waals surface area contributed by atoms with E-state index in [0.29, 0.717) is 23.6 Å². The molecule has 0 aliphatic heterocycles. The molecule has 0 aliphatic carbocycles. The zero-order valence-corrected chi connectivity index (χ0v) is 16.7. The second-order valence-corrected chi connectivity index (χ2v) is 6.80. The molecule has 0 unspecified atom stereocenters. The second kappa shape index (κ2) is 8.17. The maximum atomic E-state index is 12.6. The van der Waals surface area contributed by atoms with Gasteiger partial charge in [0, 0.05) is 43.5 Å². The highest BCUT2D eigenvalue weighted by molar-refractivity contribution is 5.91. The summed E-state index contributed by atoms with van der Waals surface area (Å²) in [4.78, 5) is 24.6. The number of aryl methyl sites for hydroxylation is 2. The first-order valence-electron chi connectivity index (χ1n) is 8.95. The Balaban J connectivity index is 1.61. The lowest BCUT2D eigenvalue weighted by molar-refractivity contribution is -0.385. The van der Waals surface area contributed by atoms with E-state index < -0.39 is 4.92 Å². The second-order valence-electron chi connectivity index (χ2n) is 6.80. The molecule has 9 heteroatoms. The molecule has 0 bridgehead atoms. The van der Waals surface area contributed by atoms with Gasteiger partial charge in [0.05, 0.1) is 11.1 Å². The average molecular weight is 398 g/mol. The molecule has 3 rings (SSSR count). The number of hydrogen-bond acceptors (Lipinski definition) is 6. The highest BCUT2D eigenvalue weighted by Gasteiger charge is 2.18. The van der Waals surface area contributed by atoms with Crippen LogP contribution in [-0.2, 0) is 20.2 Å². The lowest BCUT2D eigenvalue weighted by Crippen LogP contribution is -2.26. The Morgan fingerprint density at radius 2 is 2.07 bits per heavy atom. The first kappa shape index (κ1) is 20.1. The predicted octanol–water partition coefficient (Wildman–Crippen LogP) is 3.39. The number of ether oxygens (including phenoxy) is 1. The maximum Gasteiger partial charge on any atom is 0.289 e. The van der Waals surface area contributed by atoms with Crippen LogP contribution in [0.3, 0.4) is 0 Å². The molecule has 0 saturated carbocycles. The van der Waals surface area contributed by atoms with Gasteiger partial charge in [0.25, 0.3) is 11.6 Å². The Labute approximate surface area is 167 Å². The van der Waals surface area contributed by atoms with Gasteiger partial charge in [-0.2, -0.15) is 5.10 Å². The highest BCUT2D eigenvalue weighted by atomic mass is 16.6. The monoisotopic (exact) mass is 398 g/mol. The normalized spacial score (nSPS) is 10.8. The van der Waals surface area contributed by atoms with Gasteiger partial charge in [-0.1, -0.05) is 0 Å². The van der Waals surface area contributed by atoms with Crippen LogP contribution in [0.25, 0.3) is 0 Å². The number of aromatic nitrogens is 2. The van der Waals surface area contributed by atoms with E-state index in [2.05, 4.69) is 5.10 Å². The molecule has 29 heavy (non-hydrogen) atoms. The number of nitro groups is 1. The van der Waals surface area contributed by atoms with Crippen LogP contribution in [0, 0.1) is 24.0 Å². The molecule has 2 aromatic heterocycles. The lowest BCUT2D eigenvalue weighted by Gasteiger charge is -2.15. The minimum absolute atomic E-state index is 0.0371. The maximum absolute atomic E-state index is 12.6. The molecule has 0 saturated heterocycles. The molecular weight excluding hydrogens is 376 g/mol. The van der Waals surface area contributed by atoms with Crippen molar-refractivity contribution in [2.45, 2.75) is 27.0 Å². The molecule has 0 N–H and O–H groups in total. The van der Waals surface area contributed by atoms with Crippen LogP contribution in [0.15, 0.2) is 40.9 Å². The van der Waals surface area contributed by atoms with Crippen molar-refractivity contribution in [1.82, 2.24) is 14.7 Å². The number of nitrogens with zero attached hydrogens (tertiary/aromatic N) is 4. The van der Waals surface area contributed by atoms with Crippen molar-refractivity contribution in [3.8, 4) is 5.75 Å². The Hall–Kier alpha value is -3.62. The van der Waals surface area contributed by atoms with Gasteiger partial charge in [-0.25, -0.2) is 0 Å². The van der Waals surface area contributed by atoms with Gasteiger partial charge in [0.2, 0.25) is 0 Å². The van der Waals surface area contributed by atoms with Crippen molar-refractivity contribution >= 4 is 11.6 Å². The largest absolute Gasteiger partial charge is 0.486 e. The molecule has 0 fully saturated rings. The third kappa shape index (κ3) is 4.45. The summed E-state index contributed by atoms with van der Waals surface area (Å²) in [6, 6.07) is 7.81. The summed E-state index contributed by atoms with van der Waals surface area (Å²) in [5.41, 5.74) is 2.51. The van der Waals surface area contributed by atoms with E-state index in [1.807, 2.05) is 14.0 Å². The summed E-state index contributed by atoms with van der Waals surface area (Å²) < 4.78 is 13.0. The van der Waals surface area contributed by atoms with Crippen LogP contribution in [0.1, 0.15) is 33.1 Å². The molecule has 1 amide bonds. The summed E-state index contributed by atoms with van der Waals surface area (Å²) in [6.45, 7) is 4.13. The van der Waals surface area contributed by atoms with Gasteiger partial charge in [-0.15, -0.1) is 0 Å². The summed E-state index contributed by atoms with van der Waals surface area (Å²) >= 11 is 0. The van der Waals surface area contributed by atoms with E-state index in [4.69, 9.17) is 9.15 Å². The SMILES string of the molecule is Cc1cc(OCc2ccc(C(=O)N(C)Cc3cnn(C)c3C)o2)ccc1[N+](=O)[O-]. The van der Waals surface area contributed by atoms with Crippen LogP contribution < -0.4 is 4.74 Å². The highest BCUT2D eigenvalue weighted by Crippen LogP contribution is 2.24. The van der Waals surface area contributed by atoms with Crippen LogP contribution in [0.2, 0.25) is 0 Å². The van der Waals surface area contributed by atoms with Gasteiger partial charge in [0.15, 0.2) is 5.76 Å². The molecule has 0 aliphatic rings. The minimum atomic E-state index is -0.437. The summed E-state index contributed by atoms with van der Waals surface area (Å²) in [7, 11) is 3.55. The number of furan rings is 1.